The van der Waals surface area contributed by atoms with Gasteiger partial charge in [0.05, 0.1) is 12.5 Å². The molecule has 0 atom stereocenters. The van der Waals surface area contributed by atoms with E-state index in [0.717, 1.165) is 0 Å². The highest BCUT2D eigenvalue weighted by Crippen LogP contribution is 1.94. The van der Waals surface area contributed by atoms with Crippen LogP contribution in [0.5, 0.6) is 0 Å². The highest BCUT2D eigenvalue weighted by Gasteiger charge is 1.84. The molecule has 0 spiro atoms. The van der Waals surface area contributed by atoms with Gasteiger partial charge >= 0.3 is 0 Å². The quantitative estimate of drug-likeness (QED) is 0.490. The van der Waals surface area contributed by atoms with Gasteiger partial charge in [0.2, 0.25) is 0 Å². The van der Waals surface area contributed by atoms with Crippen molar-refractivity contribution in [3.8, 4) is 0 Å². The Morgan fingerprint density at radius 3 is 2.92 bits per heavy atom. The molecule has 0 saturated heterocycles. The first-order valence-corrected chi connectivity index (χ1v) is 3.42. The van der Waals surface area contributed by atoms with Crippen molar-refractivity contribution in [2.24, 2.45) is 15.0 Å². The Kier molecular flexibility index (Phi) is 3.50. The number of nitrogens with zero attached hydrogens (tertiary/aromatic N) is 3. The van der Waals surface area contributed by atoms with Crippen LogP contribution in [-0.4, -0.2) is 25.9 Å². The molecule has 1 aromatic rings. The fraction of sp³-hybridized carbons (Fsp3) is 0.125. The smallest absolute Gasteiger partial charge is 0.144 e. The van der Waals surface area contributed by atoms with E-state index in [4.69, 9.17) is 4.42 Å². The molecule has 4 nitrogen and oxygen atoms in total. The summed E-state index contributed by atoms with van der Waals surface area (Å²) in [5, 5.41) is 0. The van der Waals surface area contributed by atoms with E-state index < -0.39 is 0 Å². The van der Waals surface area contributed by atoms with Crippen molar-refractivity contribution in [3.63, 3.8) is 0 Å². The van der Waals surface area contributed by atoms with Crippen molar-refractivity contribution >= 4 is 18.9 Å². The van der Waals surface area contributed by atoms with Gasteiger partial charge in [-0.2, -0.15) is 0 Å². The van der Waals surface area contributed by atoms with Gasteiger partial charge in [-0.25, -0.2) is 9.98 Å². The second-order valence-corrected chi connectivity index (χ2v) is 1.93. The van der Waals surface area contributed by atoms with Gasteiger partial charge in [0, 0.05) is 7.05 Å². The standard InChI is InChI=1S/C8H9N3O/c1-9-6-11-7-10-5-8-3-2-4-12-8/h2-7H,1H3/b9-6-,10-5+,11-7-. The first-order chi connectivity index (χ1) is 5.93. The maximum absolute atomic E-state index is 5.00. The Morgan fingerprint density at radius 1 is 1.33 bits per heavy atom. The number of furan rings is 1. The van der Waals surface area contributed by atoms with Crippen molar-refractivity contribution in [1.82, 2.24) is 0 Å². The number of hydrogen-bond acceptors (Lipinski definition) is 2. The molecule has 0 aliphatic heterocycles. The lowest BCUT2D eigenvalue weighted by molar-refractivity contribution is 0.560. The molecule has 1 aromatic heterocycles. The summed E-state index contributed by atoms with van der Waals surface area (Å²) in [6.07, 6.45) is 5.98. The van der Waals surface area contributed by atoms with E-state index in [9.17, 15) is 0 Å². The number of aliphatic imine (C=N–C) groups is 3. The van der Waals surface area contributed by atoms with Gasteiger partial charge in [-0.15, -0.1) is 0 Å². The summed E-state index contributed by atoms with van der Waals surface area (Å²) in [7, 11) is 1.65. The first-order valence-electron chi connectivity index (χ1n) is 3.42. The monoisotopic (exact) mass is 163 g/mol. The van der Waals surface area contributed by atoms with Gasteiger partial charge in [0.1, 0.15) is 18.4 Å². The van der Waals surface area contributed by atoms with E-state index >= 15 is 0 Å². The second-order valence-electron chi connectivity index (χ2n) is 1.93. The lowest BCUT2D eigenvalue weighted by Gasteiger charge is -1.78. The van der Waals surface area contributed by atoms with E-state index in [0.29, 0.717) is 5.76 Å². The Hall–Kier alpha value is -1.71. The summed E-state index contributed by atoms with van der Waals surface area (Å²) in [4.78, 5) is 11.2. The van der Waals surface area contributed by atoms with Crippen molar-refractivity contribution in [3.05, 3.63) is 24.2 Å². The molecule has 0 bridgehead atoms. The van der Waals surface area contributed by atoms with Crippen LogP contribution in [0, 0.1) is 0 Å². The van der Waals surface area contributed by atoms with Crippen LogP contribution in [0.25, 0.3) is 0 Å². The van der Waals surface area contributed by atoms with Crippen molar-refractivity contribution < 1.29 is 4.42 Å². The minimum atomic E-state index is 0.704. The third-order valence-corrected chi connectivity index (χ3v) is 1.06. The average molecular weight is 163 g/mol. The van der Waals surface area contributed by atoms with Crippen LogP contribution < -0.4 is 0 Å². The van der Waals surface area contributed by atoms with Gasteiger partial charge in [-0.05, 0) is 12.1 Å². The van der Waals surface area contributed by atoms with Gasteiger partial charge < -0.3 is 4.42 Å². The van der Waals surface area contributed by atoms with Crippen LogP contribution in [0.3, 0.4) is 0 Å². The van der Waals surface area contributed by atoms with E-state index in [2.05, 4.69) is 15.0 Å². The fourth-order valence-electron chi connectivity index (χ4n) is 0.606. The molecule has 62 valence electrons. The zero-order chi connectivity index (χ0) is 8.65. The van der Waals surface area contributed by atoms with Crippen LogP contribution in [0.2, 0.25) is 0 Å². The summed E-state index contributed by atoms with van der Waals surface area (Å²) in [5.41, 5.74) is 0. The van der Waals surface area contributed by atoms with E-state index in [1.165, 1.54) is 12.7 Å². The normalized spacial score (nSPS) is 12.4. The zero-order valence-corrected chi connectivity index (χ0v) is 6.71. The molecule has 1 heterocycles. The summed E-state index contributed by atoms with van der Waals surface area (Å²) in [6.45, 7) is 0. The second kappa shape index (κ2) is 5.01. The lowest BCUT2D eigenvalue weighted by Crippen LogP contribution is -1.75. The third kappa shape index (κ3) is 2.92. The van der Waals surface area contributed by atoms with E-state index in [1.54, 1.807) is 25.6 Å². The van der Waals surface area contributed by atoms with Crippen molar-refractivity contribution in [1.29, 1.82) is 0 Å². The van der Waals surface area contributed by atoms with Crippen LogP contribution in [-0.2, 0) is 0 Å². The molecule has 0 N–H and O–H groups in total. The van der Waals surface area contributed by atoms with E-state index in [1.807, 2.05) is 6.07 Å². The van der Waals surface area contributed by atoms with Gasteiger partial charge in [-0.3, -0.25) is 4.99 Å². The van der Waals surface area contributed by atoms with Crippen LogP contribution in [0.1, 0.15) is 5.76 Å². The van der Waals surface area contributed by atoms with E-state index in [-0.39, 0.29) is 0 Å². The molecule has 0 fully saturated rings. The summed E-state index contributed by atoms with van der Waals surface area (Å²) < 4.78 is 5.00. The molecule has 0 radical (unpaired) electrons. The molecule has 0 aromatic carbocycles. The summed E-state index contributed by atoms with van der Waals surface area (Å²) in [6, 6.07) is 3.61. The summed E-state index contributed by atoms with van der Waals surface area (Å²) in [5.74, 6) is 0.704. The molecule has 12 heavy (non-hydrogen) atoms. The zero-order valence-electron chi connectivity index (χ0n) is 6.71. The predicted molar refractivity (Wildman–Crippen MR) is 49.2 cm³/mol. The maximum atomic E-state index is 5.00. The molecule has 0 unspecified atom stereocenters. The number of hydrogen-bond donors (Lipinski definition) is 0. The topological polar surface area (TPSA) is 50.2 Å². The Balaban J connectivity index is 2.41. The lowest BCUT2D eigenvalue weighted by atomic mass is 10.5. The molecule has 0 saturated carbocycles. The van der Waals surface area contributed by atoms with Crippen LogP contribution >= 0.6 is 0 Å². The van der Waals surface area contributed by atoms with Crippen molar-refractivity contribution in [2.75, 3.05) is 7.05 Å². The molecule has 4 heteroatoms. The molecule has 0 aliphatic carbocycles. The molecular weight excluding hydrogens is 154 g/mol. The first kappa shape index (κ1) is 8.39. The molecule has 1 rings (SSSR count). The Labute approximate surface area is 70.4 Å². The molecular formula is C8H9N3O. The largest absolute Gasteiger partial charge is 0.463 e. The Bertz CT molecular complexity index is 285. The number of rotatable bonds is 3. The third-order valence-electron chi connectivity index (χ3n) is 1.06. The summed E-state index contributed by atoms with van der Waals surface area (Å²) >= 11 is 0. The molecule has 0 amide bonds. The maximum Gasteiger partial charge on any atom is 0.144 e. The van der Waals surface area contributed by atoms with Crippen molar-refractivity contribution in [2.45, 2.75) is 0 Å². The van der Waals surface area contributed by atoms with Crippen LogP contribution in [0.15, 0.2) is 37.8 Å². The molecule has 0 aliphatic rings. The Morgan fingerprint density at radius 2 is 2.25 bits per heavy atom. The minimum Gasteiger partial charge on any atom is -0.463 e. The van der Waals surface area contributed by atoms with Gasteiger partial charge in [-0.1, -0.05) is 0 Å². The van der Waals surface area contributed by atoms with Gasteiger partial charge in [0.15, 0.2) is 0 Å². The fourth-order valence-corrected chi connectivity index (χ4v) is 0.606. The average Bonchev–Trinajstić information content (AvgIpc) is 2.57. The highest BCUT2D eigenvalue weighted by atomic mass is 16.3. The van der Waals surface area contributed by atoms with Gasteiger partial charge in [0.25, 0.3) is 0 Å². The minimum absolute atomic E-state index is 0.704. The highest BCUT2D eigenvalue weighted by molar-refractivity contribution is 5.85. The van der Waals surface area contributed by atoms with Crippen LogP contribution in [0.4, 0.5) is 0 Å². The predicted octanol–water partition coefficient (Wildman–Crippen LogP) is 1.38. The SMILES string of the molecule is C\N=C/N=C\N=C\c1ccco1.